The summed E-state index contributed by atoms with van der Waals surface area (Å²) in [6, 6.07) is 0. The first-order valence-electron chi connectivity index (χ1n) is 10.9. The van der Waals surface area contributed by atoms with Gasteiger partial charge in [-0.3, -0.25) is 9.67 Å². The first-order chi connectivity index (χ1) is 13.2. The first-order valence-corrected chi connectivity index (χ1v) is 10.9. The van der Waals surface area contributed by atoms with E-state index < -0.39 is 0 Å². The Kier molecular flexibility index (Phi) is 10.6. The van der Waals surface area contributed by atoms with Crippen LogP contribution in [0.25, 0.3) is 0 Å². The number of nitrogens with zero attached hydrogens (tertiary/aromatic N) is 4. The van der Waals surface area contributed by atoms with Gasteiger partial charge in [0, 0.05) is 32.9 Å². The highest BCUT2D eigenvalue weighted by Gasteiger charge is 2.25. The van der Waals surface area contributed by atoms with Crippen LogP contribution in [-0.4, -0.2) is 59.5 Å². The third-order valence-electron chi connectivity index (χ3n) is 5.71. The van der Waals surface area contributed by atoms with Crippen LogP contribution in [0.4, 0.5) is 0 Å². The van der Waals surface area contributed by atoms with Gasteiger partial charge < -0.3 is 15.0 Å². The van der Waals surface area contributed by atoms with Crippen molar-refractivity contribution in [2.45, 2.75) is 64.4 Å². The third kappa shape index (κ3) is 7.54. The van der Waals surface area contributed by atoms with E-state index in [0.717, 1.165) is 45.2 Å². The molecule has 1 unspecified atom stereocenters. The second-order valence-corrected chi connectivity index (χ2v) is 8.05. The molecule has 0 bridgehead atoms. The third-order valence-corrected chi connectivity index (χ3v) is 5.71. The molecule has 0 aromatic carbocycles. The van der Waals surface area contributed by atoms with Crippen molar-refractivity contribution in [3.05, 3.63) is 18.0 Å². The highest BCUT2D eigenvalue weighted by atomic mass is 127. The van der Waals surface area contributed by atoms with Gasteiger partial charge in [-0.1, -0.05) is 25.7 Å². The van der Waals surface area contributed by atoms with Crippen molar-refractivity contribution in [2.75, 3.05) is 32.8 Å². The molecule has 7 heteroatoms. The van der Waals surface area contributed by atoms with E-state index in [1.54, 1.807) is 0 Å². The highest BCUT2D eigenvalue weighted by Crippen LogP contribution is 2.21. The molecule has 2 aliphatic rings. The second kappa shape index (κ2) is 12.7. The maximum absolute atomic E-state index is 6.09. The molecule has 6 nitrogen and oxygen atoms in total. The summed E-state index contributed by atoms with van der Waals surface area (Å²) in [4.78, 5) is 7.25. The van der Waals surface area contributed by atoms with Gasteiger partial charge in [0.25, 0.3) is 0 Å². The Morgan fingerprint density at radius 3 is 2.71 bits per heavy atom. The van der Waals surface area contributed by atoms with E-state index in [2.05, 4.69) is 28.4 Å². The van der Waals surface area contributed by atoms with Crippen molar-refractivity contribution >= 4 is 29.9 Å². The number of rotatable bonds is 7. The van der Waals surface area contributed by atoms with E-state index in [1.165, 1.54) is 50.5 Å². The average Bonchev–Trinajstić information content (AvgIpc) is 3.20. The lowest BCUT2D eigenvalue weighted by Crippen LogP contribution is -2.40. The van der Waals surface area contributed by atoms with Gasteiger partial charge >= 0.3 is 0 Å². The number of nitrogens with one attached hydrogen (secondary N) is 1. The highest BCUT2D eigenvalue weighted by molar-refractivity contribution is 14.0. The van der Waals surface area contributed by atoms with Crippen molar-refractivity contribution in [3.63, 3.8) is 0 Å². The van der Waals surface area contributed by atoms with Crippen molar-refractivity contribution < 1.29 is 4.74 Å². The lowest BCUT2D eigenvalue weighted by atomic mass is 10.0. The van der Waals surface area contributed by atoms with Gasteiger partial charge in [-0.15, -0.1) is 24.0 Å². The van der Waals surface area contributed by atoms with Crippen LogP contribution < -0.4 is 5.32 Å². The molecule has 2 fully saturated rings. The molecule has 2 heterocycles. The molecule has 1 aromatic rings. The van der Waals surface area contributed by atoms with Crippen LogP contribution in [0.15, 0.2) is 17.4 Å². The number of ether oxygens (including phenoxy) is 1. The van der Waals surface area contributed by atoms with E-state index in [4.69, 9.17) is 9.73 Å². The molecule has 1 atom stereocenters. The Labute approximate surface area is 187 Å². The van der Waals surface area contributed by atoms with E-state index in [-0.39, 0.29) is 24.0 Å². The molecule has 0 amide bonds. The molecule has 1 N–H and O–H groups in total. The summed E-state index contributed by atoms with van der Waals surface area (Å²) in [6.07, 6.45) is 14.8. The fraction of sp³-hybridized carbons (Fsp3) is 0.810. The molecule has 160 valence electrons. The summed E-state index contributed by atoms with van der Waals surface area (Å²) in [6.45, 7) is 6.70. The van der Waals surface area contributed by atoms with Gasteiger partial charge in [-0.05, 0) is 44.1 Å². The van der Waals surface area contributed by atoms with Gasteiger partial charge in [0.15, 0.2) is 5.96 Å². The maximum Gasteiger partial charge on any atom is 0.194 e. The van der Waals surface area contributed by atoms with E-state index in [1.807, 2.05) is 17.9 Å². The number of aromatic nitrogens is 2. The van der Waals surface area contributed by atoms with Crippen LogP contribution in [0.3, 0.4) is 0 Å². The van der Waals surface area contributed by atoms with Crippen molar-refractivity contribution in [1.29, 1.82) is 0 Å². The van der Waals surface area contributed by atoms with Crippen LogP contribution in [-0.2, 0) is 18.2 Å². The Hall–Kier alpha value is -0.830. The lowest BCUT2D eigenvalue weighted by molar-refractivity contribution is 0.0486. The minimum Gasteiger partial charge on any atom is -0.376 e. The molecule has 0 radical (unpaired) electrons. The van der Waals surface area contributed by atoms with Gasteiger partial charge in [0.05, 0.1) is 25.5 Å². The van der Waals surface area contributed by atoms with Crippen LogP contribution in [0.5, 0.6) is 0 Å². The number of aryl methyl sites for hydroxylation is 1. The monoisotopic (exact) mass is 503 g/mol. The first kappa shape index (κ1) is 23.4. The standard InChI is InChI=1S/C21H37N5O.HI/c1-3-22-21(23-11-13-27-20-8-6-4-5-7-9-20)26-12-10-18(17-26)14-19-15-24-25(2)16-19;/h15-16,18,20H,3-14,17H2,1-2H3,(H,22,23);1H. The van der Waals surface area contributed by atoms with Crippen LogP contribution >= 0.6 is 24.0 Å². The summed E-state index contributed by atoms with van der Waals surface area (Å²) in [5, 5.41) is 7.75. The molecule has 3 rings (SSSR count). The molecule has 28 heavy (non-hydrogen) atoms. The molecule has 1 aromatic heterocycles. The zero-order valence-electron chi connectivity index (χ0n) is 17.6. The fourth-order valence-corrected chi connectivity index (χ4v) is 4.31. The topological polar surface area (TPSA) is 54.7 Å². The minimum absolute atomic E-state index is 0. The minimum atomic E-state index is 0. The molecular weight excluding hydrogens is 465 g/mol. The molecule has 1 aliphatic heterocycles. The molecular formula is C21H38IN5O. The Balaban J connectivity index is 0.00000280. The van der Waals surface area contributed by atoms with Crippen molar-refractivity contribution in [3.8, 4) is 0 Å². The largest absolute Gasteiger partial charge is 0.376 e. The lowest BCUT2D eigenvalue weighted by Gasteiger charge is -2.22. The predicted octanol–water partition coefficient (Wildman–Crippen LogP) is 3.61. The number of hydrogen-bond acceptors (Lipinski definition) is 3. The quantitative estimate of drug-likeness (QED) is 0.203. The number of hydrogen-bond donors (Lipinski definition) is 1. The van der Waals surface area contributed by atoms with Gasteiger partial charge in [-0.25, -0.2) is 0 Å². The number of guanidine groups is 1. The zero-order valence-corrected chi connectivity index (χ0v) is 19.9. The summed E-state index contributed by atoms with van der Waals surface area (Å²) in [5.74, 6) is 1.73. The van der Waals surface area contributed by atoms with Crippen LogP contribution in [0, 0.1) is 5.92 Å². The summed E-state index contributed by atoms with van der Waals surface area (Å²) in [7, 11) is 1.98. The van der Waals surface area contributed by atoms with E-state index in [0.29, 0.717) is 12.0 Å². The van der Waals surface area contributed by atoms with Crippen molar-refractivity contribution in [2.24, 2.45) is 18.0 Å². The molecule has 0 spiro atoms. The Morgan fingerprint density at radius 1 is 1.25 bits per heavy atom. The normalized spacial score (nSPS) is 21.4. The second-order valence-electron chi connectivity index (χ2n) is 8.05. The van der Waals surface area contributed by atoms with Gasteiger partial charge in [-0.2, -0.15) is 5.10 Å². The predicted molar refractivity (Wildman–Crippen MR) is 125 cm³/mol. The average molecular weight is 503 g/mol. The summed E-state index contributed by atoms with van der Waals surface area (Å²) in [5.41, 5.74) is 1.34. The maximum atomic E-state index is 6.09. The Bertz CT molecular complexity index is 583. The van der Waals surface area contributed by atoms with E-state index in [9.17, 15) is 0 Å². The number of aliphatic imine (C=N–C) groups is 1. The Morgan fingerprint density at radius 2 is 2.04 bits per heavy atom. The summed E-state index contributed by atoms with van der Waals surface area (Å²) < 4.78 is 7.98. The van der Waals surface area contributed by atoms with Crippen LogP contribution in [0.1, 0.15) is 57.4 Å². The van der Waals surface area contributed by atoms with E-state index >= 15 is 0 Å². The number of likely N-dealkylation sites (tertiary alicyclic amines) is 1. The van der Waals surface area contributed by atoms with Crippen LogP contribution in [0.2, 0.25) is 0 Å². The number of halogens is 1. The van der Waals surface area contributed by atoms with Crippen molar-refractivity contribution in [1.82, 2.24) is 20.0 Å². The van der Waals surface area contributed by atoms with Gasteiger partial charge in [0.2, 0.25) is 0 Å². The smallest absolute Gasteiger partial charge is 0.194 e. The van der Waals surface area contributed by atoms with Gasteiger partial charge in [0.1, 0.15) is 0 Å². The fourth-order valence-electron chi connectivity index (χ4n) is 4.31. The SMILES string of the molecule is CCNC(=NCCOC1CCCCCC1)N1CCC(Cc2cnn(C)c2)C1.I. The molecule has 1 saturated heterocycles. The molecule has 1 aliphatic carbocycles. The molecule has 1 saturated carbocycles. The summed E-state index contributed by atoms with van der Waals surface area (Å²) >= 11 is 0. The zero-order chi connectivity index (χ0) is 18.9.